The van der Waals surface area contributed by atoms with E-state index in [0.717, 1.165) is 19.4 Å². The normalized spacial score (nSPS) is 15.2. The van der Waals surface area contributed by atoms with Crippen LogP contribution in [0.3, 0.4) is 0 Å². The molecule has 0 radical (unpaired) electrons. The number of carbonyl (C=O) groups is 1. The van der Waals surface area contributed by atoms with Crippen LogP contribution in [0.25, 0.3) is 0 Å². The molecular weight excluding hydrogens is 308 g/mol. The summed E-state index contributed by atoms with van der Waals surface area (Å²) in [5.41, 5.74) is 4.57. The van der Waals surface area contributed by atoms with Crippen molar-refractivity contribution in [3.05, 3.63) is 0 Å². The van der Waals surface area contributed by atoms with Gasteiger partial charge in [-0.05, 0) is 13.0 Å². The maximum atomic E-state index is 9.47. The fourth-order valence-corrected chi connectivity index (χ4v) is 1.24. The van der Waals surface area contributed by atoms with Gasteiger partial charge < -0.3 is 41.7 Å². The van der Waals surface area contributed by atoms with Crippen LogP contribution in [0.4, 0.5) is 0 Å². The minimum atomic E-state index is -1.55. The van der Waals surface area contributed by atoms with Crippen molar-refractivity contribution < 1.29 is 35.4 Å². The molecule has 0 saturated heterocycles. The Labute approximate surface area is 137 Å². The summed E-state index contributed by atoms with van der Waals surface area (Å²) in [5.74, 6) is -0.968. The largest absolute Gasteiger partial charge is 0.480 e. The van der Waals surface area contributed by atoms with E-state index in [4.69, 9.17) is 15.3 Å². The van der Waals surface area contributed by atoms with Crippen LogP contribution in [0.5, 0.6) is 0 Å². The lowest BCUT2D eigenvalue weighted by atomic mass is 10.0. The van der Waals surface area contributed by atoms with Gasteiger partial charge in [0.05, 0.1) is 19.3 Å². The van der Waals surface area contributed by atoms with Crippen molar-refractivity contribution in [2.75, 3.05) is 26.2 Å². The number of hydrogen-bond acceptors (Lipinski definition) is 8. The SMILES string of the molecule is CC.CCCCNCC(O)C(O)C(O)C(O)CO.NCC(=O)O. The van der Waals surface area contributed by atoms with E-state index < -0.39 is 37.0 Å². The molecule has 0 aliphatic heterocycles. The highest BCUT2D eigenvalue weighted by Gasteiger charge is 2.29. The number of hydrogen-bond donors (Lipinski definition) is 8. The molecule has 9 nitrogen and oxygen atoms in total. The maximum absolute atomic E-state index is 9.47. The van der Waals surface area contributed by atoms with Crippen molar-refractivity contribution in [1.29, 1.82) is 0 Å². The number of aliphatic carboxylic acids is 1. The number of carboxylic acid groups (broad SMARTS) is 1. The van der Waals surface area contributed by atoms with E-state index in [1.54, 1.807) is 0 Å². The predicted molar refractivity (Wildman–Crippen MR) is 86.9 cm³/mol. The second-order valence-corrected chi connectivity index (χ2v) is 4.45. The zero-order valence-corrected chi connectivity index (χ0v) is 14.2. The van der Waals surface area contributed by atoms with Crippen LogP contribution in [0.2, 0.25) is 0 Å². The minimum absolute atomic E-state index is 0.135. The summed E-state index contributed by atoms with van der Waals surface area (Å²) >= 11 is 0. The molecule has 4 unspecified atom stereocenters. The van der Waals surface area contributed by atoms with E-state index in [9.17, 15) is 20.1 Å². The van der Waals surface area contributed by atoms with Crippen LogP contribution < -0.4 is 11.1 Å². The number of nitrogens with one attached hydrogen (secondary N) is 1. The van der Waals surface area contributed by atoms with Gasteiger partial charge in [0.15, 0.2) is 0 Å². The van der Waals surface area contributed by atoms with Gasteiger partial charge in [-0.2, -0.15) is 0 Å². The first kappa shape index (κ1) is 27.1. The molecule has 0 spiro atoms. The second-order valence-electron chi connectivity index (χ2n) is 4.45. The molecule has 0 aliphatic rings. The van der Waals surface area contributed by atoms with Gasteiger partial charge in [-0.15, -0.1) is 0 Å². The smallest absolute Gasteiger partial charge is 0.317 e. The highest BCUT2D eigenvalue weighted by atomic mass is 16.4. The Morgan fingerprint density at radius 1 is 1.09 bits per heavy atom. The Morgan fingerprint density at radius 2 is 1.52 bits per heavy atom. The topological polar surface area (TPSA) is 176 Å². The molecule has 0 aliphatic carbocycles. The van der Waals surface area contributed by atoms with Crippen LogP contribution in [-0.2, 0) is 4.79 Å². The molecule has 9 N–H and O–H groups in total. The highest BCUT2D eigenvalue weighted by molar-refractivity contribution is 5.68. The van der Waals surface area contributed by atoms with Gasteiger partial charge in [-0.1, -0.05) is 27.2 Å². The number of rotatable bonds is 10. The number of aliphatic hydroxyl groups is 5. The number of aliphatic hydroxyl groups excluding tert-OH is 5. The molecule has 142 valence electrons. The Morgan fingerprint density at radius 3 is 1.87 bits per heavy atom. The van der Waals surface area contributed by atoms with Crippen molar-refractivity contribution in [1.82, 2.24) is 5.32 Å². The minimum Gasteiger partial charge on any atom is -0.480 e. The summed E-state index contributed by atoms with van der Waals surface area (Å²) in [6, 6.07) is 0. The molecule has 23 heavy (non-hydrogen) atoms. The van der Waals surface area contributed by atoms with E-state index in [1.807, 2.05) is 20.8 Å². The summed E-state index contributed by atoms with van der Waals surface area (Å²) in [6.07, 6.45) is -3.65. The van der Waals surface area contributed by atoms with Gasteiger partial charge in [0, 0.05) is 6.54 Å². The zero-order chi connectivity index (χ0) is 18.8. The first-order chi connectivity index (χ1) is 10.8. The average molecular weight is 342 g/mol. The van der Waals surface area contributed by atoms with E-state index in [-0.39, 0.29) is 13.1 Å². The molecule has 0 amide bonds. The molecule has 0 aromatic rings. The molecule has 0 heterocycles. The van der Waals surface area contributed by atoms with Crippen LogP contribution in [0, 0.1) is 0 Å². The fraction of sp³-hybridized carbons (Fsp3) is 0.929. The van der Waals surface area contributed by atoms with Crippen molar-refractivity contribution in [3.63, 3.8) is 0 Å². The standard InChI is InChI=1S/C10H23NO5.C2H5NO2.C2H6/c1-2-3-4-11-5-7(13)9(15)10(16)8(14)6-12;3-1-2(4)5;1-2/h7-16H,2-6H2,1H3;1,3H2,(H,4,5);1-2H3. The van der Waals surface area contributed by atoms with Gasteiger partial charge in [0.25, 0.3) is 0 Å². The fourth-order valence-electron chi connectivity index (χ4n) is 1.24. The van der Waals surface area contributed by atoms with Crippen molar-refractivity contribution in [2.24, 2.45) is 5.73 Å². The van der Waals surface area contributed by atoms with E-state index in [0.29, 0.717) is 0 Å². The first-order valence-electron chi connectivity index (χ1n) is 7.77. The van der Waals surface area contributed by atoms with Gasteiger partial charge in [0.2, 0.25) is 0 Å². The van der Waals surface area contributed by atoms with Gasteiger partial charge in [-0.25, -0.2) is 0 Å². The molecular formula is C14H34N2O7. The highest BCUT2D eigenvalue weighted by Crippen LogP contribution is 2.04. The van der Waals surface area contributed by atoms with Gasteiger partial charge in [-0.3, -0.25) is 4.79 Å². The average Bonchev–Trinajstić information content (AvgIpc) is 2.58. The second kappa shape index (κ2) is 19.2. The molecule has 0 bridgehead atoms. The maximum Gasteiger partial charge on any atom is 0.317 e. The quantitative estimate of drug-likeness (QED) is 0.206. The summed E-state index contributed by atoms with van der Waals surface area (Å²) in [7, 11) is 0. The summed E-state index contributed by atoms with van der Waals surface area (Å²) in [4.78, 5) is 9.24. The van der Waals surface area contributed by atoms with E-state index in [1.165, 1.54) is 0 Å². The molecule has 9 heteroatoms. The summed E-state index contributed by atoms with van der Waals surface area (Å²) in [6.45, 7) is 5.96. The van der Waals surface area contributed by atoms with Gasteiger partial charge >= 0.3 is 5.97 Å². The Bertz CT molecular complexity index is 257. The molecule has 0 aromatic carbocycles. The molecule has 0 fully saturated rings. The third-order valence-electron chi connectivity index (χ3n) is 2.56. The Kier molecular flexibility index (Phi) is 22.6. The summed E-state index contributed by atoms with van der Waals surface area (Å²) in [5, 5.41) is 56.3. The van der Waals surface area contributed by atoms with Crippen molar-refractivity contribution >= 4 is 5.97 Å². The molecule has 0 aromatic heterocycles. The monoisotopic (exact) mass is 342 g/mol. The number of nitrogens with two attached hydrogens (primary N) is 1. The van der Waals surface area contributed by atoms with Crippen LogP contribution in [0.1, 0.15) is 33.6 Å². The van der Waals surface area contributed by atoms with Crippen LogP contribution in [0.15, 0.2) is 0 Å². The lowest BCUT2D eigenvalue weighted by Gasteiger charge is -2.25. The van der Waals surface area contributed by atoms with Crippen molar-refractivity contribution in [2.45, 2.75) is 58.0 Å². The first-order valence-corrected chi connectivity index (χ1v) is 7.77. The summed E-state index contributed by atoms with van der Waals surface area (Å²) < 4.78 is 0. The predicted octanol–water partition coefficient (Wildman–Crippen LogP) is -2.13. The van der Waals surface area contributed by atoms with Crippen molar-refractivity contribution in [3.8, 4) is 0 Å². The third-order valence-corrected chi connectivity index (χ3v) is 2.56. The molecule has 0 saturated carbocycles. The number of unbranched alkanes of at least 4 members (excludes halogenated alkanes) is 1. The molecule has 4 atom stereocenters. The van der Waals surface area contributed by atoms with E-state index >= 15 is 0 Å². The Hall–Kier alpha value is -0.810. The zero-order valence-electron chi connectivity index (χ0n) is 14.2. The Balaban J connectivity index is -0.000000483. The third kappa shape index (κ3) is 17.4. The van der Waals surface area contributed by atoms with Gasteiger partial charge in [0.1, 0.15) is 18.3 Å². The number of carboxylic acids is 1. The lowest BCUT2D eigenvalue weighted by molar-refractivity contribution is -0.135. The van der Waals surface area contributed by atoms with Crippen LogP contribution >= 0.6 is 0 Å². The molecule has 0 rings (SSSR count). The lowest BCUT2D eigenvalue weighted by Crippen LogP contribution is -2.49. The van der Waals surface area contributed by atoms with E-state index in [2.05, 4.69) is 11.1 Å². The van der Waals surface area contributed by atoms with Crippen LogP contribution in [-0.4, -0.2) is 87.3 Å².